The molecule has 4 rings (SSSR count). The molecule has 0 saturated carbocycles. The summed E-state index contributed by atoms with van der Waals surface area (Å²) < 4.78 is 18.6. The molecule has 172 valence electrons. The Bertz CT molecular complexity index is 1140. The van der Waals surface area contributed by atoms with Crippen molar-refractivity contribution < 1.29 is 9.13 Å². The van der Waals surface area contributed by atoms with Crippen LogP contribution < -0.4 is 20.4 Å². The first-order valence-electron chi connectivity index (χ1n) is 10.4. The Morgan fingerprint density at radius 3 is 2.48 bits per heavy atom. The Morgan fingerprint density at radius 2 is 1.76 bits per heavy atom. The largest absolute Gasteiger partial charge is 0.495 e. The maximum atomic E-state index is 13.3. The van der Waals surface area contributed by atoms with Crippen LogP contribution in [0.15, 0.2) is 41.5 Å². The van der Waals surface area contributed by atoms with Gasteiger partial charge in [0.25, 0.3) is 0 Å². The molecule has 1 aromatic heterocycles. The van der Waals surface area contributed by atoms with Crippen molar-refractivity contribution in [2.45, 2.75) is 19.3 Å². The maximum absolute atomic E-state index is 13.3. The van der Waals surface area contributed by atoms with Crippen LogP contribution in [0.25, 0.3) is 0 Å². The van der Waals surface area contributed by atoms with Gasteiger partial charge in [0.05, 0.1) is 18.3 Å². The van der Waals surface area contributed by atoms with Crippen molar-refractivity contribution in [2.75, 3.05) is 35.8 Å². The Balaban J connectivity index is 1.59. The van der Waals surface area contributed by atoms with E-state index in [4.69, 9.17) is 27.9 Å². The molecule has 1 saturated heterocycles. The van der Waals surface area contributed by atoms with Crippen LogP contribution in [0.1, 0.15) is 24.8 Å². The van der Waals surface area contributed by atoms with Gasteiger partial charge in [-0.2, -0.15) is 20.1 Å². The normalized spacial score (nSPS) is 13.9. The number of hydrogen-bond acceptors (Lipinski definition) is 8. The molecule has 0 spiro atoms. The summed E-state index contributed by atoms with van der Waals surface area (Å²) >= 11 is 12.3. The number of rotatable bonds is 7. The van der Waals surface area contributed by atoms with Crippen molar-refractivity contribution >= 4 is 52.9 Å². The van der Waals surface area contributed by atoms with Crippen molar-refractivity contribution in [3.8, 4) is 5.75 Å². The first-order valence-corrected chi connectivity index (χ1v) is 11.1. The summed E-state index contributed by atoms with van der Waals surface area (Å²) in [6, 6.07) is 9.23. The SMILES string of the molecule is COc1c(Cl)cc(Cl)cc1/C=N\Nc1nc(Nc2ccc(F)cc2)nc(N2CCCCC2)n1. The number of aromatic nitrogens is 3. The van der Waals surface area contributed by atoms with E-state index in [1.807, 2.05) is 0 Å². The van der Waals surface area contributed by atoms with Crippen LogP contribution in [0.3, 0.4) is 0 Å². The smallest absolute Gasteiger partial charge is 0.250 e. The Hall–Kier alpha value is -3.17. The third-order valence-corrected chi connectivity index (χ3v) is 5.47. The highest BCUT2D eigenvalue weighted by atomic mass is 35.5. The van der Waals surface area contributed by atoms with Crippen molar-refractivity contribution in [1.29, 1.82) is 0 Å². The number of hydrogen-bond donors (Lipinski definition) is 2. The van der Waals surface area contributed by atoms with Crippen molar-refractivity contribution in [1.82, 2.24) is 15.0 Å². The highest BCUT2D eigenvalue weighted by Gasteiger charge is 2.16. The molecule has 3 aromatic rings. The van der Waals surface area contributed by atoms with Crippen LogP contribution in [0.4, 0.5) is 27.9 Å². The van der Waals surface area contributed by atoms with Crippen LogP contribution in [0, 0.1) is 5.82 Å². The van der Waals surface area contributed by atoms with E-state index in [-0.39, 0.29) is 11.8 Å². The molecule has 0 unspecified atom stereocenters. The zero-order chi connectivity index (χ0) is 23.2. The van der Waals surface area contributed by atoms with Crippen molar-refractivity contribution in [2.24, 2.45) is 5.10 Å². The number of halogens is 3. The lowest BCUT2D eigenvalue weighted by molar-refractivity contribution is 0.414. The van der Waals surface area contributed by atoms with Gasteiger partial charge in [-0.15, -0.1) is 0 Å². The third-order valence-electron chi connectivity index (χ3n) is 4.97. The number of methoxy groups -OCH3 is 1. The summed E-state index contributed by atoms with van der Waals surface area (Å²) in [5.74, 6) is 1.24. The topological polar surface area (TPSA) is 87.6 Å². The summed E-state index contributed by atoms with van der Waals surface area (Å²) in [7, 11) is 1.52. The Morgan fingerprint density at radius 1 is 1.03 bits per heavy atom. The van der Waals surface area contributed by atoms with Gasteiger partial charge in [-0.3, -0.25) is 0 Å². The predicted molar refractivity (Wildman–Crippen MR) is 130 cm³/mol. The monoisotopic (exact) mass is 489 g/mol. The van der Waals surface area contributed by atoms with Crippen LogP contribution in [-0.4, -0.2) is 41.4 Å². The molecule has 33 heavy (non-hydrogen) atoms. The van der Waals surface area contributed by atoms with E-state index in [1.165, 1.54) is 31.9 Å². The van der Waals surface area contributed by atoms with Gasteiger partial charge in [0.2, 0.25) is 17.8 Å². The number of anilines is 4. The molecular formula is C22H22Cl2FN7O. The lowest BCUT2D eigenvalue weighted by Gasteiger charge is -2.26. The number of nitrogens with one attached hydrogen (secondary N) is 2. The van der Waals surface area contributed by atoms with Crippen LogP contribution in [-0.2, 0) is 0 Å². The maximum Gasteiger partial charge on any atom is 0.250 e. The summed E-state index contributed by atoms with van der Waals surface area (Å²) in [6.07, 6.45) is 4.85. The van der Waals surface area contributed by atoms with Gasteiger partial charge in [-0.05, 0) is 55.7 Å². The fourth-order valence-corrected chi connectivity index (χ4v) is 4.01. The lowest BCUT2D eigenvalue weighted by atomic mass is 10.1. The molecule has 2 aromatic carbocycles. The molecule has 1 aliphatic heterocycles. The molecule has 0 radical (unpaired) electrons. The van der Waals surface area contributed by atoms with Crippen molar-refractivity contribution in [3.05, 3.63) is 57.8 Å². The van der Waals surface area contributed by atoms with Gasteiger partial charge in [0.15, 0.2) is 0 Å². The van der Waals surface area contributed by atoms with E-state index in [2.05, 4.69) is 35.7 Å². The standard InChI is InChI=1S/C22H22Cl2FN7O/c1-33-19-14(11-15(23)12-18(19)24)13-26-31-21-28-20(27-17-7-5-16(25)6-8-17)29-22(30-21)32-9-3-2-4-10-32/h5-8,11-13H,2-4,9-10H2,1H3,(H2,27,28,29,30,31)/b26-13-. The molecule has 0 amide bonds. The van der Waals surface area contributed by atoms with Gasteiger partial charge in [0, 0.05) is 29.4 Å². The van der Waals surface area contributed by atoms with Gasteiger partial charge >= 0.3 is 0 Å². The minimum Gasteiger partial charge on any atom is -0.495 e. The zero-order valence-corrected chi connectivity index (χ0v) is 19.4. The van der Waals surface area contributed by atoms with E-state index in [1.54, 1.807) is 24.3 Å². The number of hydrazone groups is 1. The van der Waals surface area contributed by atoms with Gasteiger partial charge < -0.3 is 15.0 Å². The van der Waals surface area contributed by atoms with E-state index >= 15 is 0 Å². The van der Waals surface area contributed by atoms with Gasteiger partial charge in [0.1, 0.15) is 11.6 Å². The van der Waals surface area contributed by atoms with E-state index < -0.39 is 0 Å². The van der Waals surface area contributed by atoms with Gasteiger partial charge in [-0.1, -0.05) is 23.2 Å². The Labute approximate surface area is 200 Å². The van der Waals surface area contributed by atoms with E-state index in [0.717, 1.165) is 25.9 Å². The molecular weight excluding hydrogens is 468 g/mol. The second kappa shape index (κ2) is 10.6. The minimum absolute atomic E-state index is 0.249. The average Bonchev–Trinajstić information content (AvgIpc) is 2.81. The molecule has 1 fully saturated rings. The van der Waals surface area contributed by atoms with E-state index in [0.29, 0.717) is 38.9 Å². The average molecular weight is 490 g/mol. The third kappa shape index (κ3) is 6.00. The van der Waals surface area contributed by atoms with Crippen LogP contribution in [0.5, 0.6) is 5.75 Å². The van der Waals surface area contributed by atoms with Crippen molar-refractivity contribution in [3.63, 3.8) is 0 Å². The van der Waals surface area contributed by atoms with E-state index in [9.17, 15) is 4.39 Å². The fraction of sp³-hybridized carbons (Fsp3) is 0.273. The second-order valence-electron chi connectivity index (χ2n) is 7.34. The van der Waals surface area contributed by atoms with Gasteiger partial charge in [-0.25, -0.2) is 9.82 Å². The number of nitrogens with zero attached hydrogens (tertiary/aromatic N) is 5. The molecule has 0 aliphatic carbocycles. The lowest BCUT2D eigenvalue weighted by Crippen LogP contribution is -2.31. The number of ether oxygens (including phenoxy) is 1. The predicted octanol–water partition coefficient (Wildman–Crippen LogP) is 5.51. The van der Waals surface area contributed by atoms with Crippen LogP contribution in [0.2, 0.25) is 10.0 Å². The molecule has 11 heteroatoms. The highest BCUT2D eigenvalue weighted by Crippen LogP contribution is 2.31. The second-order valence-corrected chi connectivity index (χ2v) is 8.19. The number of benzene rings is 2. The first kappa shape index (κ1) is 23.0. The zero-order valence-electron chi connectivity index (χ0n) is 17.9. The number of piperidine rings is 1. The first-order chi connectivity index (χ1) is 16.0. The summed E-state index contributed by atoms with van der Waals surface area (Å²) in [5, 5.41) is 8.16. The quantitative estimate of drug-likeness (QED) is 0.334. The molecule has 1 aliphatic rings. The Kier molecular flexibility index (Phi) is 7.41. The summed E-state index contributed by atoms with van der Waals surface area (Å²) in [5.41, 5.74) is 4.08. The molecule has 2 N–H and O–H groups in total. The molecule has 8 nitrogen and oxygen atoms in total. The molecule has 0 bridgehead atoms. The summed E-state index contributed by atoms with van der Waals surface area (Å²) in [4.78, 5) is 15.6. The molecule has 2 heterocycles. The highest BCUT2D eigenvalue weighted by molar-refractivity contribution is 6.36. The van der Waals surface area contributed by atoms with Crippen LogP contribution >= 0.6 is 23.2 Å². The minimum atomic E-state index is -0.321. The fourth-order valence-electron chi connectivity index (χ4n) is 3.42. The summed E-state index contributed by atoms with van der Waals surface area (Å²) in [6.45, 7) is 1.72. The molecule has 0 atom stereocenters.